The maximum atomic E-state index is 9.69. The van der Waals surface area contributed by atoms with Gasteiger partial charge in [0.15, 0.2) is 0 Å². The van der Waals surface area contributed by atoms with E-state index in [-0.39, 0.29) is 11.5 Å². The first-order valence-electron chi connectivity index (χ1n) is 12.4. The van der Waals surface area contributed by atoms with Crippen LogP contribution < -0.4 is 10.6 Å². The minimum absolute atomic E-state index is 0.264. The molecule has 0 spiro atoms. The molecule has 6 rings (SSSR count). The van der Waals surface area contributed by atoms with Crippen LogP contribution in [0.1, 0.15) is 6.92 Å². The molecule has 0 bridgehead atoms. The van der Waals surface area contributed by atoms with Crippen molar-refractivity contribution in [2.45, 2.75) is 6.92 Å². The van der Waals surface area contributed by atoms with Crippen molar-refractivity contribution in [1.82, 2.24) is 9.97 Å². The second kappa shape index (κ2) is 10.3. The standard InChI is InChI=1S/C30H26N4O2S2/c1-18(16-31-21-6-2-19(3-7-21)29-33-25-12-10-23(35)14-27(25)37-29)17-32-22-8-4-20(5-9-22)30-34-26-13-11-24(36)15-28(26)38-30/h2-15,18,31-32,35-36H,16-17H2,1H3. The van der Waals surface area contributed by atoms with Gasteiger partial charge in [0, 0.05) is 35.6 Å². The molecule has 0 aliphatic heterocycles. The first-order chi connectivity index (χ1) is 18.5. The van der Waals surface area contributed by atoms with Crippen molar-refractivity contribution in [3.05, 3.63) is 84.9 Å². The summed E-state index contributed by atoms with van der Waals surface area (Å²) in [6.45, 7) is 3.92. The first-order valence-corrected chi connectivity index (χ1v) is 14.0. The summed E-state index contributed by atoms with van der Waals surface area (Å²) in [5, 5.41) is 28.3. The molecular weight excluding hydrogens is 512 g/mol. The Kier molecular flexibility index (Phi) is 6.57. The molecule has 6 nitrogen and oxygen atoms in total. The Balaban J connectivity index is 1.01. The number of aromatic nitrogens is 2. The van der Waals surface area contributed by atoms with E-state index < -0.39 is 0 Å². The van der Waals surface area contributed by atoms with Gasteiger partial charge in [0.05, 0.1) is 20.4 Å². The summed E-state index contributed by atoms with van der Waals surface area (Å²) in [6, 6.07) is 27.2. The fourth-order valence-corrected chi connectivity index (χ4v) is 6.20. The number of fused-ring (bicyclic) bond motifs is 2. The van der Waals surface area contributed by atoms with Gasteiger partial charge in [0.1, 0.15) is 21.5 Å². The molecule has 0 atom stereocenters. The Hall–Kier alpha value is -4.14. The SMILES string of the molecule is CC(CNc1ccc(-c2nc3ccc(O)cc3s2)cc1)CNc1ccc(-c2nc3ccc(O)cc3s2)cc1. The van der Waals surface area contributed by atoms with Gasteiger partial charge in [-0.25, -0.2) is 9.97 Å². The number of rotatable bonds is 8. The maximum Gasteiger partial charge on any atom is 0.124 e. The van der Waals surface area contributed by atoms with Crippen LogP contribution in [0.4, 0.5) is 11.4 Å². The molecular formula is C30H26N4O2S2. The zero-order valence-electron chi connectivity index (χ0n) is 20.7. The second-order valence-electron chi connectivity index (χ2n) is 9.36. The maximum absolute atomic E-state index is 9.69. The molecule has 2 heterocycles. The predicted molar refractivity (Wildman–Crippen MR) is 160 cm³/mol. The number of phenols is 2. The lowest BCUT2D eigenvalue weighted by atomic mass is 10.1. The van der Waals surface area contributed by atoms with Crippen LogP contribution >= 0.6 is 22.7 Å². The van der Waals surface area contributed by atoms with E-state index in [9.17, 15) is 10.2 Å². The third-order valence-electron chi connectivity index (χ3n) is 6.32. The highest BCUT2D eigenvalue weighted by Crippen LogP contribution is 2.34. The molecule has 0 saturated carbocycles. The van der Waals surface area contributed by atoms with Gasteiger partial charge in [0.25, 0.3) is 0 Å². The van der Waals surface area contributed by atoms with Gasteiger partial charge in [-0.2, -0.15) is 0 Å². The lowest BCUT2D eigenvalue weighted by Gasteiger charge is -2.15. The number of benzene rings is 4. The monoisotopic (exact) mass is 538 g/mol. The van der Waals surface area contributed by atoms with Crippen molar-refractivity contribution in [3.63, 3.8) is 0 Å². The molecule has 0 unspecified atom stereocenters. The van der Waals surface area contributed by atoms with E-state index in [1.54, 1.807) is 46.9 Å². The average molecular weight is 539 g/mol. The number of thiazole rings is 2. The number of hydrogen-bond donors (Lipinski definition) is 4. The van der Waals surface area contributed by atoms with Crippen LogP contribution in [0.25, 0.3) is 41.6 Å². The van der Waals surface area contributed by atoms with Crippen molar-refractivity contribution in [2.75, 3.05) is 23.7 Å². The van der Waals surface area contributed by atoms with E-state index in [4.69, 9.17) is 0 Å². The van der Waals surface area contributed by atoms with E-state index in [0.29, 0.717) is 5.92 Å². The van der Waals surface area contributed by atoms with Gasteiger partial charge in [-0.3, -0.25) is 0 Å². The smallest absolute Gasteiger partial charge is 0.124 e. The van der Waals surface area contributed by atoms with Crippen LogP contribution in [0.3, 0.4) is 0 Å². The first kappa shape index (κ1) is 24.2. The van der Waals surface area contributed by atoms with Crippen LogP contribution in [-0.2, 0) is 0 Å². The summed E-state index contributed by atoms with van der Waals surface area (Å²) >= 11 is 3.16. The molecule has 190 valence electrons. The Morgan fingerprint density at radius 2 is 1.05 bits per heavy atom. The molecule has 0 aliphatic carbocycles. The van der Waals surface area contributed by atoms with Gasteiger partial charge in [0.2, 0.25) is 0 Å². The van der Waals surface area contributed by atoms with Gasteiger partial charge in [-0.05, 0) is 90.8 Å². The van der Waals surface area contributed by atoms with Gasteiger partial charge in [-0.15, -0.1) is 22.7 Å². The van der Waals surface area contributed by atoms with Gasteiger partial charge < -0.3 is 20.8 Å². The number of phenolic OH excluding ortho intramolecular Hbond substituents is 2. The predicted octanol–water partition coefficient (Wildman–Crippen LogP) is 7.81. The van der Waals surface area contributed by atoms with E-state index >= 15 is 0 Å². The molecule has 0 saturated heterocycles. The number of nitrogens with zero attached hydrogens (tertiary/aromatic N) is 2. The number of aromatic hydroxyl groups is 2. The zero-order valence-corrected chi connectivity index (χ0v) is 22.3. The van der Waals surface area contributed by atoms with Crippen LogP contribution in [0.15, 0.2) is 84.9 Å². The molecule has 0 fully saturated rings. The molecule has 8 heteroatoms. The van der Waals surface area contributed by atoms with Crippen LogP contribution in [0.5, 0.6) is 11.5 Å². The van der Waals surface area contributed by atoms with Crippen LogP contribution in [-0.4, -0.2) is 33.3 Å². The van der Waals surface area contributed by atoms with E-state index in [2.05, 4.69) is 76.1 Å². The summed E-state index contributed by atoms with van der Waals surface area (Å²) < 4.78 is 1.96. The van der Waals surface area contributed by atoms with Crippen molar-refractivity contribution < 1.29 is 10.2 Å². The van der Waals surface area contributed by atoms with Crippen molar-refractivity contribution >= 4 is 54.5 Å². The van der Waals surface area contributed by atoms with Crippen LogP contribution in [0.2, 0.25) is 0 Å². The highest BCUT2D eigenvalue weighted by Gasteiger charge is 2.09. The van der Waals surface area contributed by atoms with Crippen molar-refractivity contribution in [3.8, 4) is 32.6 Å². The van der Waals surface area contributed by atoms with Crippen molar-refractivity contribution in [1.29, 1.82) is 0 Å². The van der Waals surface area contributed by atoms with E-state index in [0.717, 1.165) is 66.0 Å². The third-order valence-corrected chi connectivity index (χ3v) is 8.45. The number of nitrogens with one attached hydrogen (secondary N) is 2. The topological polar surface area (TPSA) is 90.3 Å². The summed E-state index contributed by atoms with van der Waals surface area (Å²) in [4.78, 5) is 9.37. The molecule has 0 radical (unpaired) electrons. The number of anilines is 2. The second-order valence-corrected chi connectivity index (χ2v) is 11.4. The summed E-state index contributed by atoms with van der Waals surface area (Å²) in [7, 11) is 0. The van der Waals surface area contributed by atoms with Crippen LogP contribution in [0, 0.1) is 5.92 Å². The molecule has 4 aromatic carbocycles. The average Bonchev–Trinajstić information content (AvgIpc) is 3.55. The normalized spacial score (nSPS) is 11.4. The molecule has 0 amide bonds. The molecule has 4 N–H and O–H groups in total. The molecule has 0 aliphatic rings. The largest absolute Gasteiger partial charge is 0.508 e. The molecule has 2 aromatic heterocycles. The van der Waals surface area contributed by atoms with Gasteiger partial charge in [-0.1, -0.05) is 6.92 Å². The van der Waals surface area contributed by atoms with E-state index in [1.165, 1.54) is 0 Å². The highest BCUT2D eigenvalue weighted by atomic mass is 32.1. The summed E-state index contributed by atoms with van der Waals surface area (Å²) in [6.07, 6.45) is 0. The third kappa shape index (κ3) is 5.27. The molecule has 6 aromatic rings. The minimum Gasteiger partial charge on any atom is -0.508 e. The Bertz CT molecular complexity index is 1580. The Morgan fingerprint density at radius 1 is 0.632 bits per heavy atom. The fraction of sp³-hybridized carbons (Fsp3) is 0.133. The van der Waals surface area contributed by atoms with Crippen molar-refractivity contribution in [2.24, 2.45) is 5.92 Å². The summed E-state index contributed by atoms with van der Waals surface area (Å²) in [5.41, 5.74) is 6.09. The molecule has 38 heavy (non-hydrogen) atoms. The van der Waals surface area contributed by atoms with Gasteiger partial charge >= 0.3 is 0 Å². The highest BCUT2D eigenvalue weighted by molar-refractivity contribution is 7.22. The zero-order chi connectivity index (χ0) is 26.1. The fourth-order valence-electron chi connectivity index (χ4n) is 4.19. The lowest BCUT2D eigenvalue weighted by molar-refractivity contribution is 0.475. The quantitative estimate of drug-likeness (QED) is 0.158. The minimum atomic E-state index is 0.264. The lowest BCUT2D eigenvalue weighted by Crippen LogP contribution is -2.19. The van der Waals surface area contributed by atoms with E-state index in [1.807, 2.05) is 12.1 Å². The Morgan fingerprint density at radius 3 is 1.47 bits per heavy atom. The Labute approximate surface area is 228 Å². The summed E-state index contributed by atoms with van der Waals surface area (Å²) in [5.74, 6) is 0.947. The number of hydrogen-bond acceptors (Lipinski definition) is 8.